The van der Waals surface area contributed by atoms with Crippen LogP contribution >= 0.6 is 0 Å². The van der Waals surface area contributed by atoms with Gasteiger partial charge in [-0.2, -0.15) is 0 Å². The van der Waals surface area contributed by atoms with Crippen molar-refractivity contribution in [2.24, 2.45) is 0 Å². The van der Waals surface area contributed by atoms with Gasteiger partial charge in [-0.25, -0.2) is 0 Å². The van der Waals surface area contributed by atoms with E-state index >= 15 is 0 Å². The van der Waals surface area contributed by atoms with Crippen LogP contribution in [0.1, 0.15) is 36.9 Å². The molecule has 3 nitrogen and oxygen atoms in total. The first-order valence-electron chi connectivity index (χ1n) is 9.84. The van der Waals surface area contributed by atoms with E-state index in [-0.39, 0.29) is 12.1 Å². The van der Waals surface area contributed by atoms with Crippen molar-refractivity contribution in [2.45, 2.75) is 38.5 Å². The van der Waals surface area contributed by atoms with Crippen LogP contribution in [0.2, 0.25) is 0 Å². The van der Waals surface area contributed by atoms with Gasteiger partial charge in [0.25, 0.3) is 0 Å². The van der Waals surface area contributed by atoms with Gasteiger partial charge < -0.3 is 14.8 Å². The largest absolute Gasteiger partial charge is 0.491 e. The Bertz CT molecular complexity index is 872. The predicted molar refractivity (Wildman–Crippen MR) is 110 cm³/mol. The highest BCUT2D eigenvalue weighted by atomic mass is 16.5. The Kier molecular flexibility index (Phi) is 5.71. The van der Waals surface area contributed by atoms with E-state index in [2.05, 4.69) is 79.0 Å². The Labute approximate surface area is 161 Å². The van der Waals surface area contributed by atoms with E-state index in [1.807, 2.05) is 0 Å². The lowest BCUT2D eigenvalue weighted by atomic mass is 10.0. The third kappa shape index (κ3) is 4.32. The van der Waals surface area contributed by atoms with E-state index in [1.165, 1.54) is 21.9 Å². The van der Waals surface area contributed by atoms with Gasteiger partial charge in [0, 0.05) is 24.8 Å². The Balaban J connectivity index is 1.55. The second-order valence-electron chi connectivity index (χ2n) is 7.22. The first-order valence-corrected chi connectivity index (χ1v) is 9.84. The van der Waals surface area contributed by atoms with Gasteiger partial charge in [0.1, 0.15) is 12.4 Å². The Morgan fingerprint density at radius 1 is 1.04 bits per heavy atom. The zero-order valence-corrected chi connectivity index (χ0v) is 15.9. The van der Waals surface area contributed by atoms with Crippen LogP contribution in [0.3, 0.4) is 0 Å². The van der Waals surface area contributed by atoms with Gasteiger partial charge in [0.2, 0.25) is 0 Å². The quantitative estimate of drug-likeness (QED) is 0.623. The summed E-state index contributed by atoms with van der Waals surface area (Å²) in [6, 6.07) is 23.6. The fourth-order valence-corrected chi connectivity index (χ4v) is 3.71. The van der Waals surface area contributed by atoms with Gasteiger partial charge in [0.05, 0.1) is 6.10 Å². The minimum Gasteiger partial charge on any atom is -0.491 e. The number of fused-ring (bicyclic) bond motifs is 1. The van der Waals surface area contributed by atoms with E-state index in [9.17, 15) is 0 Å². The van der Waals surface area contributed by atoms with Gasteiger partial charge >= 0.3 is 0 Å². The lowest BCUT2D eigenvalue weighted by Crippen LogP contribution is -2.20. The number of rotatable bonds is 7. The lowest BCUT2D eigenvalue weighted by Gasteiger charge is -2.19. The third-order valence-corrected chi connectivity index (χ3v) is 5.33. The van der Waals surface area contributed by atoms with Crippen molar-refractivity contribution in [2.75, 3.05) is 13.2 Å². The summed E-state index contributed by atoms with van der Waals surface area (Å²) in [5, 5.41) is 6.15. The highest BCUT2D eigenvalue weighted by Crippen LogP contribution is 2.29. The fourth-order valence-electron chi connectivity index (χ4n) is 3.71. The minimum atomic E-state index is 0.223. The van der Waals surface area contributed by atoms with Gasteiger partial charge in [-0.3, -0.25) is 0 Å². The number of hydrogen-bond acceptors (Lipinski definition) is 3. The summed E-state index contributed by atoms with van der Waals surface area (Å²) in [4.78, 5) is 0. The van der Waals surface area contributed by atoms with E-state index in [1.54, 1.807) is 0 Å². The number of benzene rings is 3. The van der Waals surface area contributed by atoms with Crippen molar-refractivity contribution >= 4 is 10.8 Å². The highest BCUT2D eigenvalue weighted by Gasteiger charge is 2.18. The summed E-state index contributed by atoms with van der Waals surface area (Å²) < 4.78 is 11.9. The standard InChI is InChI=1S/C24H27NO2/c1-18(19-8-3-2-4-9-19)25-16-23-22-12-6-5-10-20(22)13-14-24(23)27-17-21-11-7-15-26-21/h2-6,8-10,12-14,18,21,25H,7,11,15-17H2,1H3. The van der Waals surface area contributed by atoms with Crippen LogP contribution < -0.4 is 10.1 Å². The number of nitrogens with one attached hydrogen (secondary N) is 1. The highest BCUT2D eigenvalue weighted by molar-refractivity contribution is 5.87. The Hall–Kier alpha value is -2.36. The molecule has 0 radical (unpaired) electrons. The normalized spacial score (nSPS) is 17.9. The fraction of sp³-hybridized carbons (Fsp3) is 0.333. The van der Waals surface area contributed by atoms with Crippen molar-refractivity contribution in [3.05, 3.63) is 77.9 Å². The topological polar surface area (TPSA) is 30.5 Å². The van der Waals surface area contributed by atoms with Gasteiger partial charge in [-0.05, 0) is 42.2 Å². The maximum absolute atomic E-state index is 6.20. The Morgan fingerprint density at radius 2 is 1.85 bits per heavy atom. The molecule has 3 aromatic carbocycles. The molecule has 0 aromatic heterocycles. The molecule has 0 saturated carbocycles. The molecule has 3 aromatic rings. The van der Waals surface area contributed by atoms with Gasteiger partial charge in [-0.15, -0.1) is 0 Å². The first-order chi connectivity index (χ1) is 13.3. The van der Waals surface area contributed by atoms with Crippen molar-refractivity contribution in [1.29, 1.82) is 0 Å². The van der Waals surface area contributed by atoms with E-state index in [4.69, 9.17) is 9.47 Å². The van der Waals surface area contributed by atoms with Crippen LogP contribution in [0.25, 0.3) is 10.8 Å². The molecule has 0 bridgehead atoms. The zero-order valence-electron chi connectivity index (χ0n) is 15.9. The smallest absolute Gasteiger partial charge is 0.124 e. The first kappa shape index (κ1) is 18.0. The van der Waals surface area contributed by atoms with E-state index in [0.29, 0.717) is 6.61 Å². The molecule has 2 unspecified atom stereocenters. The number of ether oxygens (including phenoxy) is 2. The second kappa shape index (κ2) is 8.55. The van der Waals surface area contributed by atoms with Crippen LogP contribution in [0, 0.1) is 0 Å². The average Bonchev–Trinajstić information content (AvgIpc) is 3.25. The van der Waals surface area contributed by atoms with Gasteiger partial charge in [0.15, 0.2) is 0 Å². The maximum Gasteiger partial charge on any atom is 0.124 e. The molecule has 1 aliphatic rings. The minimum absolute atomic E-state index is 0.223. The molecule has 1 N–H and O–H groups in total. The van der Waals surface area contributed by atoms with Crippen molar-refractivity contribution in [3.63, 3.8) is 0 Å². The summed E-state index contributed by atoms with van der Waals surface area (Å²) in [6.07, 6.45) is 2.45. The molecule has 0 spiro atoms. The van der Waals surface area contributed by atoms with E-state index in [0.717, 1.165) is 31.7 Å². The van der Waals surface area contributed by atoms with Crippen LogP contribution in [0.4, 0.5) is 0 Å². The molecule has 3 heteroatoms. The summed E-state index contributed by atoms with van der Waals surface area (Å²) in [6.45, 7) is 4.44. The number of hydrogen-bond donors (Lipinski definition) is 1. The van der Waals surface area contributed by atoms with Crippen molar-refractivity contribution in [1.82, 2.24) is 5.32 Å². The van der Waals surface area contributed by atoms with Crippen LogP contribution in [-0.2, 0) is 11.3 Å². The molecule has 27 heavy (non-hydrogen) atoms. The SMILES string of the molecule is CC(NCc1c(OCC2CCCO2)ccc2ccccc12)c1ccccc1. The molecule has 1 fully saturated rings. The molecule has 2 atom stereocenters. The van der Waals surface area contributed by atoms with E-state index < -0.39 is 0 Å². The summed E-state index contributed by atoms with van der Waals surface area (Å²) in [5.74, 6) is 0.956. The molecule has 1 heterocycles. The molecule has 0 amide bonds. The molecule has 1 aliphatic heterocycles. The zero-order chi connectivity index (χ0) is 18.5. The summed E-state index contributed by atoms with van der Waals surface area (Å²) in [7, 11) is 0. The van der Waals surface area contributed by atoms with Crippen LogP contribution in [-0.4, -0.2) is 19.3 Å². The molecule has 0 aliphatic carbocycles. The summed E-state index contributed by atoms with van der Waals surface area (Å²) >= 11 is 0. The van der Waals surface area contributed by atoms with Crippen LogP contribution in [0.15, 0.2) is 66.7 Å². The predicted octanol–water partition coefficient (Wildman–Crippen LogP) is 5.25. The van der Waals surface area contributed by atoms with Crippen LogP contribution in [0.5, 0.6) is 5.75 Å². The monoisotopic (exact) mass is 361 g/mol. The second-order valence-corrected chi connectivity index (χ2v) is 7.22. The Morgan fingerprint density at radius 3 is 2.67 bits per heavy atom. The third-order valence-electron chi connectivity index (χ3n) is 5.33. The molecule has 4 rings (SSSR count). The molecular weight excluding hydrogens is 334 g/mol. The molecule has 140 valence electrons. The summed E-state index contributed by atoms with van der Waals surface area (Å²) in [5.41, 5.74) is 2.51. The average molecular weight is 361 g/mol. The van der Waals surface area contributed by atoms with Crippen molar-refractivity contribution in [3.8, 4) is 5.75 Å². The van der Waals surface area contributed by atoms with Crippen molar-refractivity contribution < 1.29 is 9.47 Å². The molecular formula is C24H27NO2. The lowest BCUT2D eigenvalue weighted by molar-refractivity contribution is 0.0676. The maximum atomic E-state index is 6.20. The van der Waals surface area contributed by atoms with Gasteiger partial charge in [-0.1, -0.05) is 60.7 Å². The molecule has 1 saturated heterocycles.